The molecule has 4 nitrogen and oxygen atoms in total. The van der Waals surface area contributed by atoms with Gasteiger partial charge in [0.05, 0.1) is 6.04 Å². The molecule has 0 spiro atoms. The van der Waals surface area contributed by atoms with E-state index in [1.807, 2.05) is 24.3 Å². The molecule has 0 amide bonds. The van der Waals surface area contributed by atoms with E-state index in [2.05, 4.69) is 19.3 Å². The number of hydrogen-bond donors (Lipinski definition) is 2. The fourth-order valence-electron chi connectivity index (χ4n) is 2.16. The standard InChI is InChI=1S/C14H22N2O2/c1-3-10(2)8-11(16-15)14-9-17-12-6-4-5-7-13(12)18-14/h4-7,10-11,14,16H,3,8-9,15H2,1-2H3. The van der Waals surface area contributed by atoms with E-state index in [0.717, 1.165) is 24.3 Å². The second-order valence-electron chi connectivity index (χ2n) is 4.94. The van der Waals surface area contributed by atoms with Gasteiger partial charge in [0.25, 0.3) is 0 Å². The van der Waals surface area contributed by atoms with E-state index in [1.54, 1.807) is 0 Å². The molecule has 1 aromatic carbocycles. The van der Waals surface area contributed by atoms with Crippen molar-refractivity contribution in [2.75, 3.05) is 6.61 Å². The second-order valence-corrected chi connectivity index (χ2v) is 4.94. The number of nitrogens with one attached hydrogen (secondary N) is 1. The number of fused-ring (bicyclic) bond motifs is 1. The monoisotopic (exact) mass is 250 g/mol. The van der Waals surface area contributed by atoms with Gasteiger partial charge in [0.2, 0.25) is 0 Å². The summed E-state index contributed by atoms with van der Waals surface area (Å²) in [6, 6.07) is 7.86. The van der Waals surface area contributed by atoms with Gasteiger partial charge in [-0.2, -0.15) is 0 Å². The molecule has 0 saturated heterocycles. The van der Waals surface area contributed by atoms with Crippen LogP contribution in [0.5, 0.6) is 11.5 Å². The molecule has 1 aromatic rings. The second kappa shape index (κ2) is 6.07. The molecule has 0 fully saturated rings. The van der Waals surface area contributed by atoms with Crippen LogP contribution in [0.1, 0.15) is 26.7 Å². The van der Waals surface area contributed by atoms with Gasteiger partial charge < -0.3 is 9.47 Å². The highest BCUT2D eigenvalue weighted by Gasteiger charge is 2.28. The molecular weight excluding hydrogens is 228 g/mol. The molecule has 1 heterocycles. The minimum Gasteiger partial charge on any atom is -0.486 e. The van der Waals surface area contributed by atoms with Gasteiger partial charge in [-0.25, -0.2) is 0 Å². The van der Waals surface area contributed by atoms with Gasteiger partial charge in [-0.15, -0.1) is 0 Å². The van der Waals surface area contributed by atoms with Crippen molar-refractivity contribution in [2.45, 2.75) is 38.8 Å². The van der Waals surface area contributed by atoms with Crippen LogP contribution in [0.15, 0.2) is 24.3 Å². The fraction of sp³-hybridized carbons (Fsp3) is 0.571. The van der Waals surface area contributed by atoms with Crippen LogP contribution in [-0.2, 0) is 0 Å². The van der Waals surface area contributed by atoms with Crippen LogP contribution in [0, 0.1) is 5.92 Å². The van der Waals surface area contributed by atoms with E-state index in [0.29, 0.717) is 12.5 Å². The maximum atomic E-state index is 5.96. The van der Waals surface area contributed by atoms with Crippen molar-refractivity contribution in [3.8, 4) is 11.5 Å². The predicted molar refractivity (Wildman–Crippen MR) is 71.5 cm³/mol. The molecule has 3 atom stereocenters. The molecule has 100 valence electrons. The van der Waals surface area contributed by atoms with Crippen LogP contribution in [0.2, 0.25) is 0 Å². The van der Waals surface area contributed by atoms with Crippen molar-refractivity contribution >= 4 is 0 Å². The number of para-hydroxylation sites is 2. The van der Waals surface area contributed by atoms with Crippen molar-refractivity contribution in [1.82, 2.24) is 5.43 Å². The molecule has 0 saturated carbocycles. The number of benzene rings is 1. The smallest absolute Gasteiger partial charge is 0.161 e. The third kappa shape index (κ3) is 2.94. The van der Waals surface area contributed by atoms with E-state index in [-0.39, 0.29) is 12.1 Å². The molecule has 18 heavy (non-hydrogen) atoms. The number of hydrazine groups is 1. The van der Waals surface area contributed by atoms with E-state index < -0.39 is 0 Å². The van der Waals surface area contributed by atoms with Crippen LogP contribution in [0.3, 0.4) is 0 Å². The fourth-order valence-corrected chi connectivity index (χ4v) is 2.16. The van der Waals surface area contributed by atoms with Gasteiger partial charge in [0, 0.05) is 0 Å². The first-order valence-electron chi connectivity index (χ1n) is 6.59. The summed E-state index contributed by atoms with van der Waals surface area (Å²) < 4.78 is 11.7. The topological polar surface area (TPSA) is 56.5 Å². The Kier molecular flexibility index (Phi) is 4.44. The van der Waals surface area contributed by atoms with Gasteiger partial charge in [0.15, 0.2) is 11.5 Å². The highest BCUT2D eigenvalue weighted by Crippen LogP contribution is 2.32. The Morgan fingerprint density at radius 1 is 1.39 bits per heavy atom. The summed E-state index contributed by atoms with van der Waals surface area (Å²) >= 11 is 0. The summed E-state index contributed by atoms with van der Waals surface area (Å²) in [4.78, 5) is 0. The maximum absolute atomic E-state index is 5.96. The Labute approximate surface area is 108 Å². The maximum Gasteiger partial charge on any atom is 0.161 e. The van der Waals surface area contributed by atoms with Gasteiger partial charge in [-0.3, -0.25) is 11.3 Å². The van der Waals surface area contributed by atoms with E-state index in [1.165, 1.54) is 0 Å². The quantitative estimate of drug-likeness (QED) is 0.620. The summed E-state index contributed by atoms with van der Waals surface area (Å²) in [7, 11) is 0. The third-order valence-electron chi connectivity index (χ3n) is 3.55. The summed E-state index contributed by atoms with van der Waals surface area (Å²) in [5.41, 5.74) is 2.86. The first-order chi connectivity index (χ1) is 8.74. The van der Waals surface area contributed by atoms with E-state index in [4.69, 9.17) is 15.3 Å². The average molecular weight is 250 g/mol. The lowest BCUT2D eigenvalue weighted by Crippen LogP contribution is -2.51. The van der Waals surface area contributed by atoms with Crippen molar-refractivity contribution in [2.24, 2.45) is 11.8 Å². The molecule has 1 aliphatic heterocycles. The van der Waals surface area contributed by atoms with Crippen molar-refractivity contribution in [1.29, 1.82) is 0 Å². The van der Waals surface area contributed by atoms with Crippen molar-refractivity contribution in [3.05, 3.63) is 24.3 Å². The summed E-state index contributed by atoms with van der Waals surface area (Å²) in [6.45, 7) is 4.95. The highest BCUT2D eigenvalue weighted by atomic mass is 16.6. The average Bonchev–Trinajstić information content (AvgIpc) is 2.44. The third-order valence-corrected chi connectivity index (χ3v) is 3.55. The number of ether oxygens (including phenoxy) is 2. The molecule has 1 aliphatic rings. The molecular formula is C14H22N2O2. The highest BCUT2D eigenvalue weighted by molar-refractivity contribution is 5.40. The van der Waals surface area contributed by atoms with Crippen LogP contribution in [0.4, 0.5) is 0 Å². The Bertz CT molecular complexity index is 384. The molecule has 0 bridgehead atoms. The zero-order valence-corrected chi connectivity index (χ0v) is 11.1. The zero-order valence-electron chi connectivity index (χ0n) is 11.1. The zero-order chi connectivity index (χ0) is 13.0. The lowest BCUT2D eigenvalue weighted by atomic mass is 9.96. The predicted octanol–water partition coefficient (Wildman–Crippen LogP) is 2.09. The van der Waals surface area contributed by atoms with Crippen LogP contribution >= 0.6 is 0 Å². The lowest BCUT2D eigenvalue weighted by Gasteiger charge is -2.32. The molecule has 0 radical (unpaired) electrons. The first kappa shape index (κ1) is 13.2. The molecule has 4 heteroatoms. The summed E-state index contributed by atoms with van der Waals surface area (Å²) in [6.07, 6.45) is 2.10. The molecule has 3 N–H and O–H groups in total. The van der Waals surface area contributed by atoms with Gasteiger partial charge in [0.1, 0.15) is 12.7 Å². The number of nitrogens with two attached hydrogens (primary N) is 1. The molecule has 2 rings (SSSR count). The number of hydrogen-bond acceptors (Lipinski definition) is 4. The van der Waals surface area contributed by atoms with E-state index in [9.17, 15) is 0 Å². The summed E-state index contributed by atoms with van der Waals surface area (Å²) in [5, 5.41) is 0. The van der Waals surface area contributed by atoms with Gasteiger partial charge in [-0.05, 0) is 24.5 Å². The Morgan fingerprint density at radius 2 is 2.11 bits per heavy atom. The molecule has 0 aromatic heterocycles. The van der Waals surface area contributed by atoms with Gasteiger partial charge in [-0.1, -0.05) is 32.4 Å². The Morgan fingerprint density at radius 3 is 2.78 bits per heavy atom. The van der Waals surface area contributed by atoms with Crippen molar-refractivity contribution < 1.29 is 9.47 Å². The minimum atomic E-state index is -0.0288. The summed E-state index contributed by atoms with van der Waals surface area (Å²) in [5.74, 6) is 7.88. The first-order valence-corrected chi connectivity index (χ1v) is 6.59. The SMILES string of the molecule is CCC(C)CC(NN)C1COc2ccccc2O1. The van der Waals surface area contributed by atoms with Crippen molar-refractivity contribution in [3.63, 3.8) is 0 Å². The van der Waals surface area contributed by atoms with E-state index >= 15 is 0 Å². The Balaban J connectivity index is 2.02. The van der Waals surface area contributed by atoms with Gasteiger partial charge >= 0.3 is 0 Å². The Hall–Kier alpha value is -1.26. The normalized spacial score (nSPS) is 21.4. The molecule has 0 aliphatic carbocycles. The van der Waals surface area contributed by atoms with Crippen LogP contribution in [0.25, 0.3) is 0 Å². The van der Waals surface area contributed by atoms with Crippen LogP contribution in [-0.4, -0.2) is 18.8 Å². The molecule has 3 unspecified atom stereocenters. The largest absolute Gasteiger partial charge is 0.486 e. The lowest BCUT2D eigenvalue weighted by molar-refractivity contribution is 0.0550. The minimum absolute atomic E-state index is 0.0288. The van der Waals surface area contributed by atoms with Crippen LogP contribution < -0.4 is 20.7 Å². The number of rotatable bonds is 5.